The molecule has 0 aliphatic carbocycles. The lowest BCUT2D eigenvalue weighted by Gasteiger charge is -2.09. The molecule has 1 N–H and O–H groups in total. The predicted octanol–water partition coefficient (Wildman–Crippen LogP) is 4.74. The van der Waals surface area contributed by atoms with Crippen LogP contribution in [0.4, 0.5) is 0 Å². The Labute approximate surface area is 131 Å². The number of hydrogen-bond acceptors (Lipinski definition) is 3. The van der Waals surface area contributed by atoms with Crippen LogP contribution in [0.25, 0.3) is 0 Å². The van der Waals surface area contributed by atoms with E-state index >= 15 is 0 Å². The predicted molar refractivity (Wildman–Crippen MR) is 83.7 cm³/mol. The third-order valence-corrected chi connectivity index (χ3v) is 4.85. The molecular formula is C13H13Cl3N2S. The Kier molecular flexibility index (Phi) is 5.48. The number of hydrogen-bond donors (Lipinski definition) is 1. The van der Waals surface area contributed by atoms with Gasteiger partial charge in [0.15, 0.2) is 0 Å². The van der Waals surface area contributed by atoms with Crippen LogP contribution in [0.5, 0.6) is 0 Å². The maximum absolute atomic E-state index is 6.13. The summed E-state index contributed by atoms with van der Waals surface area (Å²) >= 11 is 19.9. The summed E-state index contributed by atoms with van der Waals surface area (Å²) in [5.41, 5.74) is 1.91. The molecule has 1 aromatic heterocycles. The van der Waals surface area contributed by atoms with Crippen molar-refractivity contribution in [1.29, 1.82) is 0 Å². The van der Waals surface area contributed by atoms with Crippen molar-refractivity contribution < 1.29 is 0 Å². The van der Waals surface area contributed by atoms with E-state index < -0.39 is 0 Å². The molecule has 0 unspecified atom stereocenters. The van der Waals surface area contributed by atoms with Gasteiger partial charge in [-0.15, -0.1) is 11.3 Å². The van der Waals surface area contributed by atoms with Gasteiger partial charge in [-0.2, -0.15) is 0 Å². The largest absolute Gasteiger partial charge is 0.312 e. The van der Waals surface area contributed by atoms with Gasteiger partial charge in [-0.1, -0.05) is 34.8 Å². The summed E-state index contributed by atoms with van der Waals surface area (Å²) in [6.07, 6.45) is 0.897. The maximum Gasteiger partial charge on any atom is 0.0940 e. The standard InChI is InChI=1S/C13H13Cl3N2S/c1-8-7-19-12(18-8)4-5-17-6-9-10(14)2-3-11(15)13(9)16/h2-3,7,17H,4-6H2,1H3. The van der Waals surface area contributed by atoms with Gasteiger partial charge in [-0.25, -0.2) is 4.98 Å². The van der Waals surface area contributed by atoms with Gasteiger partial charge in [0.05, 0.1) is 15.1 Å². The molecular weight excluding hydrogens is 323 g/mol. The Hall–Kier alpha value is -0.320. The van der Waals surface area contributed by atoms with Crippen LogP contribution in [0.1, 0.15) is 16.3 Å². The van der Waals surface area contributed by atoms with Gasteiger partial charge >= 0.3 is 0 Å². The lowest BCUT2D eigenvalue weighted by atomic mass is 10.2. The van der Waals surface area contributed by atoms with Gasteiger partial charge < -0.3 is 5.32 Å². The summed E-state index contributed by atoms with van der Waals surface area (Å²) < 4.78 is 0. The quantitative estimate of drug-likeness (QED) is 0.630. The van der Waals surface area contributed by atoms with E-state index in [9.17, 15) is 0 Å². The van der Waals surface area contributed by atoms with Crippen molar-refractivity contribution in [2.75, 3.05) is 6.54 Å². The molecule has 2 aromatic rings. The second-order valence-corrected chi connectivity index (χ2v) is 6.27. The van der Waals surface area contributed by atoms with E-state index in [1.54, 1.807) is 23.5 Å². The molecule has 0 fully saturated rings. The second kappa shape index (κ2) is 6.91. The molecule has 0 amide bonds. The first-order chi connectivity index (χ1) is 9.08. The smallest absolute Gasteiger partial charge is 0.0940 e. The molecule has 0 bridgehead atoms. The van der Waals surface area contributed by atoms with Crippen molar-refractivity contribution in [1.82, 2.24) is 10.3 Å². The van der Waals surface area contributed by atoms with E-state index in [1.165, 1.54) is 0 Å². The Balaban J connectivity index is 1.88. The monoisotopic (exact) mass is 334 g/mol. The van der Waals surface area contributed by atoms with Crippen LogP contribution in [-0.2, 0) is 13.0 Å². The van der Waals surface area contributed by atoms with Crippen molar-refractivity contribution in [3.05, 3.63) is 48.8 Å². The molecule has 6 heteroatoms. The topological polar surface area (TPSA) is 24.9 Å². The minimum atomic E-state index is 0.520. The van der Waals surface area contributed by atoms with Crippen LogP contribution in [0.15, 0.2) is 17.5 Å². The van der Waals surface area contributed by atoms with Crippen molar-refractivity contribution in [3.63, 3.8) is 0 Å². The van der Waals surface area contributed by atoms with Gasteiger partial charge in [0.25, 0.3) is 0 Å². The van der Waals surface area contributed by atoms with Gasteiger partial charge in [0.1, 0.15) is 0 Å². The summed E-state index contributed by atoms with van der Waals surface area (Å²) in [7, 11) is 0. The minimum Gasteiger partial charge on any atom is -0.312 e. The molecule has 2 nitrogen and oxygen atoms in total. The highest BCUT2D eigenvalue weighted by Gasteiger charge is 2.09. The van der Waals surface area contributed by atoms with E-state index in [2.05, 4.69) is 15.7 Å². The number of rotatable bonds is 5. The first-order valence-electron chi connectivity index (χ1n) is 5.82. The van der Waals surface area contributed by atoms with Crippen LogP contribution >= 0.6 is 46.1 Å². The molecule has 0 aliphatic heterocycles. The first kappa shape index (κ1) is 15.1. The third-order valence-electron chi connectivity index (χ3n) is 2.62. The Morgan fingerprint density at radius 1 is 1.21 bits per heavy atom. The highest BCUT2D eigenvalue weighted by molar-refractivity contribution is 7.09. The minimum absolute atomic E-state index is 0.520. The molecule has 102 valence electrons. The molecule has 0 atom stereocenters. The summed E-state index contributed by atoms with van der Waals surface area (Å²) in [4.78, 5) is 4.41. The SMILES string of the molecule is Cc1csc(CCNCc2c(Cl)ccc(Cl)c2Cl)n1. The number of thiazole rings is 1. The molecule has 1 aromatic carbocycles. The van der Waals surface area contributed by atoms with Crippen molar-refractivity contribution in [3.8, 4) is 0 Å². The van der Waals surface area contributed by atoms with E-state index in [1.807, 2.05) is 6.92 Å². The number of aryl methyl sites for hydroxylation is 1. The Bertz CT molecular complexity index is 569. The van der Waals surface area contributed by atoms with E-state index in [4.69, 9.17) is 34.8 Å². The van der Waals surface area contributed by atoms with E-state index in [-0.39, 0.29) is 0 Å². The average Bonchev–Trinajstić information content (AvgIpc) is 2.79. The van der Waals surface area contributed by atoms with Gasteiger partial charge in [-0.05, 0) is 19.1 Å². The van der Waals surface area contributed by atoms with Gasteiger partial charge in [-0.3, -0.25) is 0 Å². The van der Waals surface area contributed by atoms with Crippen LogP contribution in [0.3, 0.4) is 0 Å². The second-order valence-electron chi connectivity index (χ2n) is 4.13. The van der Waals surface area contributed by atoms with E-state index in [0.717, 1.165) is 29.2 Å². The zero-order valence-electron chi connectivity index (χ0n) is 10.3. The first-order valence-corrected chi connectivity index (χ1v) is 7.83. The summed E-state index contributed by atoms with van der Waals surface area (Å²) in [5, 5.41) is 8.17. The Morgan fingerprint density at radius 2 is 1.95 bits per heavy atom. The van der Waals surface area contributed by atoms with Crippen molar-refractivity contribution in [2.24, 2.45) is 0 Å². The molecule has 0 saturated carbocycles. The molecule has 19 heavy (non-hydrogen) atoms. The fourth-order valence-corrected chi connectivity index (χ4v) is 3.11. The van der Waals surface area contributed by atoms with Crippen LogP contribution in [-0.4, -0.2) is 11.5 Å². The number of aromatic nitrogens is 1. The summed E-state index contributed by atoms with van der Waals surface area (Å²) in [6.45, 7) is 3.42. The van der Waals surface area contributed by atoms with Gasteiger partial charge in [0.2, 0.25) is 0 Å². The molecule has 2 rings (SSSR count). The Morgan fingerprint density at radius 3 is 2.63 bits per heavy atom. The summed E-state index contributed by atoms with van der Waals surface area (Å²) in [5.74, 6) is 0. The molecule has 1 heterocycles. The summed E-state index contributed by atoms with van der Waals surface area (Å²) in [6, 6.07) is 3.46. The number of nitrogens with one attached hydrogen (secondary N) is 1. The van der Waals surface area contributed by atoms with Crippen LogP contribution in [0, 0.1) is 6.92 Å². The van der Waals surface area contributed by atoms with E-state index in [0.29, 0.717) is 21.6 Å². The van der Waals surface area contributed by atoms with Gasteiger partial charge in [0, 0.05) is 41.2 Å². The lowest BCUT2D eigenvalue weighted by Crippen LogP contribution is -2.17. The molecule has 0 spiro atoms. The zero-order valence-corrected chi connectivity index (χ0v) is 13.4. The molecule has 0 aliphatic rings. The van der Waals surface area contributed by atoms with Crippen molar-refractivity contribution in [2.45, 2.75) is 19.9 Å². The number of nitrogens with zero attached hydrogens (tertiary/aromatic N) is 1. The van der Waals surface area contributed by atoms with Crippen LogP contribution in [0.2, 0.25) is 15.1 Å². The zero-order chi connectivity index (χ0) is 13.8. The fraction of sp³-hybridized carbons (Fsp3) is 0.308. The number of halogens is 3. The number of benzene rings is 1. The third kappa shape index (κ3) is 4.07. The normalized spacial score (nSPS) is 10.9. The lowest BCUT2D eigenvalue weighted by molar-refractivity contribution is 0.685. The average molecular weight is 336 g/mol. The van der Waals surface area contributed by atoms with Crippen LogP contribution < -0.4 is 5.32 Å². The highest BCUT2D eigenvalue weighted by atomic mass is 35.5. The van der Waals surface area contributed by atoms with Crippen molar-refractivity contribution >= 4 is 46.1 Å². The maximum atomic E-state index is 6.13. The fourth-order valence-electron chi connectivity index (χ4n) is 1.66. The molecule has 0 radical (unpaired) electrons. The highest BCUT2D eigenvalue weighted by Crippen LogP contribution is 2.31. The molecule has 0 saturated heterocycles.